The quantitative estimate of drug-likeness (QED) is 0.556. The van der Waals surface area contributed by atoms with Crippen LogP contribution in [0.3, 0.4) is 0 Å². The van der Waals surface area contributed by atoms with Crippen LogP contribution in [0.5, 0.6) is 0 Å². The van der Waals surface area contributed by atoms with Gasteiger partial charge in [0, 0.05) is 5.92 Å². The van der Waals surface area contributed by atoms with Crippen molar-refractivity contribution in [2.75, 3.05) is 0 Å². The molecule has 0 saturated heterocycles. The zero-order valence-electron chi connectivity index (χ0n) is 15.4. The molecule has 5 saturated carbocycles. The van der Waals surface area contributed by atoms with Crippen LogP contribution in [-0.2, 0) is 14.3 Å². The molecule has 4 heteroatoms. The number of ketones is 1. The number of ether oxygens (including phenoxy) is 1. The molecule has 0 unspecified atom stereocenters. The van der Waals surface area contributed by atoms with Crippen molar-refractivity contribution < 1.29 is 14.3 Å². The lowest BCUT2D eigenvalue weighted by atomic mass is 9.54. The van der Waals surface area contributed by atoms with Gasteiger partial charge < -0.3 is 4.74 Å². The van der Waals surface area contributed by atoms with Gasteiger partial charge in [-0.3, -0.25) is 9.79 Å². The monoisotopic (exact) mass is 345 g/mol. The van der Waals surface area contributed by atoms with Gasteiger partial charge in [-0.2, -0.15) is 0 Å². The van der Waals surface area contributed by atoms with E-state index in [9.17, 15) is 9.59 Å². The van der Waals surface area contributed by atoms with Crippen LogP contribution >= 0.6 is 0 Å². The molecule has 138 valence electrons. The molecule has 1 atom stereocenters. The first-order valence-electron chi connectivity index (χ1n) is 10.3. The van der Waals surface area contributed by atoms with Crippen LogP contribution in [0.2, 0.25) is 0 Å². The molecule has 0 aromatic carbocycles. The van der Waals surface area contributed by atoms with E-state index in [-0.39, 0.29) is 23.3 Å². The van der Waals surface area contributed by atoms with Crippen LogP contribution < -0.4 is 0 Å². The van der Waals surface area contributed by atoms with Crippen molar-refractivity contribution in [3.05, 3.63) is 0 Å². The van der Waals surface area contributed by atoms with Crippen molar-refractivity contribution in [1.29, 1.82) is 0 Å². The summed E-state index contributed by atoms with van der Waals surface area (Å²) in [6, 6.07) is -0.424. The minimum absolute atomic E-state index is 0.139. The van der Waals surface area contributed by atoms with E-state index in [0.29, 0.717) is 0 Å². The van der Waals surface area contributed by atoms with Crippen molar-refractivity contribution >= 4 is 18.0 Å². The SMILES string of the molecule is C[C@H](N=CC(=O)OC12CC3CC(CC(C3)C1)C2)C(=O)C1CCCCC1. The van der Waals surface area contributed by atoms with E-state index in [2.05, 4.69) is 4.99 Å². The number of aliphatic imine (C=N–C) groups is 1. The second-order valence-corrected chi connectivity index (χ2v) is 9.21. The Labute approximate surface area is 150 Å². The summed E-state index contributed by atoms with van der Waals surface area (Å²) >= 11 is 0. The number of hydrogen-bond donors (Lipinski definition) is 0. The minimum Gasteiger partial charge on any atom is -0.455 e. The zero-order valence-corrected chi connectivity index (χ0v) is 15.4. The molecule has 0 heterocycles. The third-order valence-electron chi connectivity index (χ3n) is 7.12. The highest BCUT2D eigenvalue weighted by Gasteiger charge is 2.53. The summed E-state index contributed by atoms with van der Waals surface area (Å²) in [5.74, 6) is 2.25. The lowest BCUT2D eigenvalue weighted by molar-refractivity contribution is -0.178. The van der Waals surface area contributed by atoms with E-state index in [1.54, 1.807) is 0 Å². The molecule has 0 aliphatic heterocycles. The van der Waals surface area contributed by atoms with Gasteiger partial charge in [-0.05, 0) is 76.0 Å². The Hall–Kier alpha value is -1.19. The van der Waals surface area contributed by atoms with Crippen molar-refractivity contribution in [2.45, 2.75) is 89.2 Å². The van der Waals surface area contributed by atoms with Crippen molar-refractivity contribution in [3.63, 3.8) is 0 Å². The number of carbonyl (C=O) groups is 2. The molecule has 5 aliphatic rings. The Kier molecular flexibility index (Phi) is 4.72. The number of carbonyl (C=O) groups excluding carboxylic acids is 2. The van der Waals surface area contributed by atoms with Crippen LogP contribution in [0.15, 0.2) is 4.99 Å². The van der Waals surface area contributed by atoms with Gasteiger partial charge in [0.15, 0.2) is 5.78 Å². The maximum Gasteiger partial charge on any atom is 0.349 e. The van der Waals surface area contributed by atoms with Crippen molar-refractivity contribution in [3.8, 4) is 0 Å². The third kappa shape index (κ3) is 3.68. The minimum atomic E-state index is -0.424. The molecule has 4 nitrogen and oxygen atoms in total. The first-order chi connectivity index (χ1) is 12.0. The Balaban J connectivity index is 1.32. The van der Waals surface area contributed by atoms with Crippen LogP contribution in [-0.4, -0.2) is 29.6 Å². The van der Waals surface area contributed by atoms with E-state index in [0.717, 1.165) is 62.7 Å². The van der Waals surface area contributed by atoms with Gasteiger partial charge in [0.25, 0.3) is 0 Å². The van der Waals surface area contributed by atoms with Crippen LogP contribution in [0.1, 0.15) is 77.6 Å². The molecule has 25 heavy (non-hydrogen) atoms. The standard InChI is InChI=1S/C21H31NO3/c1-14(20(24)18-5-3-2-4-6-18)22-13-19(23)25-21-10-15-7-16(11-21)9-17(8-15)12-21/h13-18H,2-12H2,1H3/t14-,15?,16?,17?,21?/m0/s1. The molecule has 5 fully saturated rings. The number of nitrogens with zero attached hydrogens (tertiary/aromatic N) is 1. The number of rotatable bonds is 5. The fourth-order valence-corrected chi connectivity index (χ4v) is 6.37. The molecule has 0 aromatic heterocycles. The molecular weight excluding hydrogens is 314 g/mol. The molecule has 5 aliphatic carbocycles. The summed E-state index contributed by atoms with van der Waals surface area (Å²) in [5.41, 5.74) is -0.228. The molecule has 0 radical (unpaired) electrons. The second kappa shape index (κ2) is 6.85. The lowest BCUT2D eigenvalue weighted by Crippen LogP contribution is -2.52. The van der Waals surface area contributed by atoms with Gasteiger partial charge in [0.05, 0.1) is 0 Å². The molecule has 0 amide bonds. The van der Waals surface area contributed by atoms with E-state index in [4.69, 9.17) is 4.74 Å². The molecule has 0 N–H and O–H groups in total. The fourth-order valence-electron chi connectivity index (χ4n) is 6.37. The van der Waals surface area contributed by atoms with Gasteiger partial charge in [-0.1, -0.05) is 19.3 Å². The van der Waals surface area contributed by atoms with E-state index in [1.807, 2.05) is 6.92 Å². The van der Waals surface area contributed by atoms with Gasteiger partial charge in [0.1, 0.15) is 17.9 Å². The summed E-state index contributed by atoms with van der Waals surface area (Å²) in [5, 5.41) is 0. The molecular formula is C21H31NO3. The third-order valence-corrected chi connectivity index (χ3v) is 7.12. The average molecular weight is 345 g/mol. The molecule has 4 bridgehead atoms. The Bertz CT molecular complexity index is 526. The van der Waals surface area contributed by atoms with Crippen LogP contribution in [0.4, 0.5) is 0 Å². The zero-order chi connectivity index (χ0) is 17.4. The highest BCUT2D eigenvalue weighted by atomic mass is 16.6. The van der Waals surface area contributed by atoms with E-state index in [1.165, 1.54) is 31.9 Å². The topological polar surface area (TPSA) is 55.7 Å². The predicted molar refractivity (Wildman–Crippen MR) is 96.5 cm³/mol. The number of Topliss-reactive ketones (excluding diaryl/α,β-unsaturated/α-hetero) is 1. The Morgan fingerprint density at radius 3 is 2.12 bits per heavy atom. The smallest absolute Gasteiger partial charge is 0.349 e. The largest absolute Gasteiger partial charge is 0.455 e. The van der Waals surface area contributed by atoms with Gasteiger partial charge in [0.2, 0.25) is 0 Å². The summed E-state index contributed by atoms with van der Waals surface area (Å²) in [4.78, 5) is 29.1. The van der Waals surface area contributed by atoms with E-state index < -0.39 is 6.04 Å². The van der Waals surface area contributed by atoms with E-state index >= 15 is 0 Å². The lowest BCUT2D eigenvalue weighted by Gasteiger charge is -2.55. The highest BCUT2D eigenvalue weighted by Crippen LogP contribution is 2.57. The first-order valence-corrected chi connectivity index (χ1v) is 10.3. The first kappa shape index (κ1) is 17.2. The molecule has 0 spiro atoms. The molecule has 0 aromatic rings. The second-order valence-electron chi connectivity index (χ2n) is 9.21. The summed E-state index contributed by atoms with van der Waals surface area (Å²) in [6.45, 7) is 1.81. The van der Waals surface area contributed by atoms with Crippen molar-refractivity contribution in [1.82, 2.24) is 0 Å². The van der Waals surface area contributed by atoms with Crippen LogP contribution in [0.25, 0.3) is 0 Å². The van der Waals surface area contributed by atoms with Gasteiger partial charge in [-0.15, -0.1) is 0 Å². The van der Waals surface area contributed by atoms with Gasteiger partial charge in [-0.25, -0.2) is 4.79 Å². The van der Waals surface area contributed by atoms with Crippen LogP contribution in [0, 0.1) is 23.7 Å². The van der Waals surface area contributed by atoms with Crippen molar-refractivity contribution in [2.24, 2.45) is 28.7 Å². The number of esters is 1. The predicted octanol–water partition coefficient (Wildman–Crippen LogP) is 4.11. The molecule has 5 rings (SSSR count). The highest BCUT2D eigenvalue weighted by molar-refractivity contribution is 6.23. The maximum absolute atomic E-state index is 12.5. The summed E-state index contributed by atoms with van der Waals surface area (Å²) in [6.07, 6.45) is 13.9. The maximum atomic E-state index is 12.5. The normalized spacial score (nSPS) is 38.8. The summed E-state index contributed by atoms with van der Waals surface area (Å²) < 4.78 is 5.93. The number of hydrogen-bond acceptors (Lipinski definition) is 4. The Morgan fingerprint density at radius 2 is 1.56 bits per heavy atom. The summed E-state index contributed by atoms with van der Waals surface area (Å²) in [7, 11) is 0. The Morgan fingerprint density at radius 1 is 1.00 bits per heavy atom. The van der Waals surface area contributed by atoms with Gasteiger partial charge >= 0.3 is 5.97 Å². The average Bonchev–Trinajstić information content (AvgIpc) is 2.58. The fraction of sp³-hybridized carbons (Fsp3) is 0.857.